The van der Waals surface area contributed by atoms with Crippen LogP contribution in [0.2, 0.25) is 0 Å². The van der Waals surface area contributed by atoms with Gasteiger partial charge in [-0.3, -0.25) is 10.1 Å². The Bertz CT molecular complexity index is 453. The van der Waals surface area contributed by atoms with E-state index in [9.17, 15) is 10.1 Å². The zero-order chi connectivity index (χ0) is 12.6. The van der Waals surface area contributed by atoms with Gasteiger partial charge < -0.3 is 5.32 Å². The van der Waals surface area contributed by atoms with Crippen LogP contribution in [0.4, 0.5) is 11.4 Å². The summed E-state index contributed by atoms with van der Waals surface area (Å²) in [6.45, 7) is 6.36. The van der Waals surface area contributed by atoms with Gasteiger partial charge in [-0.1, -0.05) is 13.0 Å². The fraction of sp³-hybridized carbons (Fsp3) is 0.538. The number of aryl methyl sites for hydroxylation is 1. The number of benzene rings is 1. The number of nitro groups is 1. The molecule has 0 spiro atoms. The second-order valence-corrected chi connectivity index (χ2v) is 5.28. The fourth-order valence-electron chi connectivity index (χ4n) is 1.92. The van der Waals surface area contributed by atoms with Crippen LogP contribution in [0.5, 0.6) is 0 Å². The lowest BCUT2D eigenvalue weighted by molar-refractivity contribution is -0.384. The van der Waals surface area contributed by atoms with Crippen LogP contribution >= 0.6 is 0 Å². The monoisotopic (exact) mass is 234 g/mol. The molecule has 0 bridgehead atoms. The Morgan fingerprint density at radius 2 is 2.12 bits per heavy atom. The smallest absolute Gasteiger partial charge is 0.271 e. The molecule has 17 heavy (non-hydrogen) atoms. The molecule has 1 aromatic rings. The lowest BCUT2D eigenvalue weighted by Gasteiger charge is -2.22. The first-order chi connectivity index (χ1) is 7.92. The second kappa shape index (κ2) is 4.02. The molecular weight excluding hydrogens is 216 g/mol. The molecule has 0 aliphatic heterocycles. The topological polar surface area (TPSA) is 55.2 Å². The van der Waals surface area contributed by atoms with Crippen molar-refractivity contribution in [2.75, 3.05) is 5.32 Å². The van der Waals surface area contributed by atoms with Crippen molar-refractivity contribution in [3.8, 4) is 0 Å². The van der Waals surface area contributed by atoms with Crippen molar-refractivity contribution in [1.82, 2.24) is 0 Å². The summed E-state index contributed by atoms with van der Waals surface area (Å²) in [7, 11) is 0. The van der Waals surface area contributed by atoms with Gasteiger partial charge in [0, 0.05) is 23.9 Å². The number of hydrogen-bond donors (Lipinski definition) is 1. The molecule has 1 fully saturated rings. The minimum atomic E-state index is -0.353. The molecule has 1 saturated carbocycles. The van der Waals surface area contributed by atoms with Crippen LogP contribution < -0.4 is 5.32 Å². The normalized spacial score (nSPS) is 18.5. The van der Waals surface area contributed by atoms with Crippen LogP contribution in [0.15, 0.2) is 18.2 Å². The number of nitrogens with zero attached hydrogens (tertiary/aromatic N) is 1. The quantitative estimate of drug-likeness (QED) is 0.640. The summed E-state index contributed by atoms with van der Waals surface area (Å²) in [5, 5.41) is 14.1. The third-order valence-corrected chi connectivity index (χ3v) is 3.89. The van der Waals surface area contributed by atoms with Crippen molar-refractivity contribution in [3.05, 3.63) is 33.9 Å². The van der Waals surface area contributed by atoms with Gasteiger partial charge in [0.2, 0.25) is 0 Å². The average molecular weight is 234 g/mol. The average Bonchev–Trinajstić information content (AvgIpc) is 3.00. The van der Waals surface area contributed by atoms with Crippen molar-refractivity contribution in [3.63, 3.8) is 0 Å². The predicted molar refractivity (Wildman–Crippen MR) is 68.3 cm³/mol. The van der Waals surface area contributed by atoms with Gasteiger partial charge in [-0.15, -0.1) is 0 Å². The molecule has 1 N–H and O–H groups in total. The van der Waals surface area contributed by atoms with Crippen molar-refractivity contribution >= 4 is 11.4 Å². The van der Waals surface area contributed by atoms with Crippen molar-refractivity contribution in [2.45, 2.75) is 39.7 Å². The van der Waals surface area contributed by atoms with E-state index < -0.39 is 0 Å². The summed E-state index contributed by atoms with van der Waals surface area (Å²) in [4.78, 5) is 10.4. The zero-order valence-electron chi connectivity index (χ0n) is 10.5. The number of hydrogen-bond acceptors (Lipinski definition) is 3. The third kappa shape index (κ3) is 2.40. The molecule has 0 saturated heterocycles. The molecule has 4 heteroatoms. The maximum Gasteiger partial charge on any atom is 0.271 e. The highest BCUT2D eigenvalue weighted by molar-refractivity contribution is 5.57. The first-order valence-electron chi connectivity index (χ1n) is 5.94. The lowest BCUT2D eigenvalue weighted by Crippen LogP contribution is -2.25. The molecule has 0 radical (unpaired) electrons. The highest BCUT2D eigenvalue weighted by atomic mass is 16.6. The first kappa shape index (κ1) is 11.9. The number of rotatable bonds is 4. The van der Waals surface area contributed by atoms with Crippen LogP contribution in [0.1, 0.15) is 32.3 Å². The SMILES string of the molecule is Cc1ccc([N+](=O)[O-])cc1NC(C)C1(C)CC1. The molecule has 0 amide bonds. The summed E-state index contributed by atoms with van der Waals surface area (Å²) in [6, 6.07) is 5.31. The van der Waals surface area contributed by atoms with E-state index in [0.717, 1.165) is 11.3 Å². The maximum atomic E-state index is 10.7. The van der Waals surface area contributed by atoms with Gasteiger partial charge in [0.05, 0.1) is 4.92 Å². The summed E-state index contributed by atoms with van der Waals surface area (Å²) in [5.41, 5.74) is 2.43. The number of nitrogens with one attached hydrogen (secondary N) is 1. The van der Waals surface area contributed by atoms with Gasteiger partial charge >= 0.3 is 0 Å². The van der Waals surface area contributed by atoms with E-state index in [4.69, 9.17) is 0 Å². The standard InChI is InChI=1S/C13H18N2O2/c1-9-4-5-11(15(16)17)8-12(9)14-10(2)13(3)6-7-13/h4-5,8,10,14H,6-7H2,1-3H3. The number of anilines is 1. The Labute approximate surface area is 101 Å². The van der Waals surface area contributed by atoms with E-state index in [0.29, 0.717) is 11.5 Å². The zero-order valence-corrected chi connectivity index (χ0v) is 10.5. The minimum Gasteiger partial charge on any atom is -0.382 e. The van der Waals surface area contributed by atoms with Crippen molar-refractivity contribution in [1.29, 1.82) is 0 Å². The highest BCUT2D eigenvalue weighted by Gasteiger charge is 2.42. The molecule has 1 unspecified atom stereocenters. The van der Waals surface area contributed by atoms with Gasteiger partial charge in [0.15, 0.2) is 0 Å². The Kier molecular flexibility index (Phi) is 2.81. The van der Waals surface area contributed by atoms with E-state index in [1.54, 1.807) is 18.2 Å². The highest BCUT2D eigenvalue weighted by Crippen LogP contribution is 2.49. The Morgan fingerprint density at radius 3 is 2.65 bits per heavy atom. The van der Waals surface area contributed by atoms with Crippen LogP contribution in [0.25, 0.3) is 0 Å². The first-order valence-corrected chi connectivity index (χ1v) is 5.94. The Morgan fingerprint density at radius 1 is 1.47 bits per heavy atom. The van der Waals surface area contributed by atoms with Crippen LogP contribution in [-0.4, -0.2) is 11.0 Å². The van der Waals surface area contributed by atoms with E-state index in [1.807, 2.05) is 6.92 Å². The van der Waals surface area contributed by atoms with E-state index in [-0.39, 0.29) is 10.6 Å². The molecule has 0 heterocycles. The predicted octanol–water partition coefficient (Wildman–Crippen LogP) is 3.50. The number of nitro benzene ring substituents is 1. The van der Waals surface area contributed by atoms with Gasteiger partial charge in [-0.05, 0) is 37.7 Å². The summed E-state index contributed by atoms with van der Waals surface area (Å²) < 4.78 is 0. The van der Waals surface area contributed by atoms with E-state index in [2.05, 4.69) is 19.2 Å². The molecule has 92 valence electrons. The molecule has 2 rings (SSSR count). The summed E-state index contributed by atoms with van der Waals surface area (Å²) in [6.07, 6.45) is 2.46. The Balaban J connectivity index is 2.19. The van der Waals surface area contributed by atoms with Gasteiger partial charge in [-0.2, -0.15) is 0 Å². The van der Waals surface area contributed by atoms with Crippen LogP contribution in [-0.2, 0) is 0 Å². The van der Waals surface area contributed by atoms with Gasteiger partial charge in [0.25, 0.3) is 5.69 Å². The molecule has 4 nitrogen and oxygen atoms in total. The Hall–Kier alpha value is -1.58. The van der Waals surface area contributed by atoms with E-state index in [1.165, 1.54) is 12.8 Å². The maximum absolute atomic E-state index is 10.7. The summed E-state index contributed by atoms with van der Waals surface area (Å²) in [5.74, 6) is 0. The molecule has 1 aliphatic carbocycles. The molecular formula is C13H18N2O2. The van der Waals surface area contributed by atoms with E-state index >= 15 is 0 Å². The second-order valence-electron chi connectivity index (χ2n) is 5.28. The number of non-ortho nitro benzene ring substituents is 1. The van der Waals surface area contributed by atoms with Gasteiger partial charge in [0.1, 0.15) is 0 Å². The fourth-order valence-corrected chi connectivity index (χ4v) is 1.92. The summed E-state index contributed by atoms with van der Waals surface area (Å²) >= 11 is 0. The van der Waals surface area contributed by atoms with Crippen molar-refractivity contribution in [2.24, 2.45) is 5.41 Å². The molecule has 1 aromatic carbocycles. The minimum absolute atomic E-state index is 0.145. The lowest BCUT2D eigenvalue weighted by atomic mass is 10.00. The van der Waals surface area contributed by atoms with Crippen LogP contribution in [0.3, 0.4) is 0 Å². The third-order valence-electron chi connectivity index (χ3n) is 3.89. The molecule has 0 aromatic heterocycles. The van der Waals surface area contributed by atoms with Crippen molar-refractivity contribution < 1.29 is 4.92 Å². The molecule has 1 atom stereocenters. The molecule has 1 aliphatic rings. The van der Waals surface area contributed by atoms with Gasteiger partial charge in [-0.25, -0.2) is 0 Å². The van der Waals surface area contributed by atoms with Crippen LogP contribution in [0, 0.1) is 22.5 Å². The largest absolute Gasteiger partial charge is 0.382 e.